The molecule has 0 spiro atoms. The van der Waals surface area contributed by atoms with Gasteiger partial charge in [0.15, 0.2) is 0 Å². The van der Waals surface area contributed by atoms with E-state index in [0.29, 0.717) is 12.5 Å². The van der Waals surface area contributed by atoms with Gasteiger partial charge in [-0.1, -0.05) is 37.3 Å². The molecule has 116 valence electrons. The lowest BCUT2D eigenvalue weighted by atomic mass is 9.88. The van der Waals surface area contributed by atoms with Crippen LogP contribution in [0, 0.1) is 5.92 Å². The van der Waals surface area contributed by atoms with E-state index in [-0.39, 0.29) is 25.0 Å². The van der Waals surface area contributed by atoms with Gasteiger partial charge in [0, 0.05) is 6.54 Å². The summed E-state index contributed by atoms with van der Waals surface area (Å²) in [5, 5.41) is 20.1. The maximum Gasteiger partial charge on any atom is 0.226 e. The molecule has 2 rings (SSSR count). The van der Waals surface area contributed by atoms with Crippen LogP contribution in [0.5, 0.6) is 0 Å². The van der Waals surface area contributed by atoms with Crippen molar-refractivity contribution in [3.05, 3.63) is 35.9 Å². The molecule has 1 fully saturated rings. The van der Waals surface area contributed by atoms with E-state index in [0.717, 1.165) is 18.4 Å². The van der Waals surface area contributed by atoms with Crippen molar-refractivity contribution in [2.24, 2.45) is 5.92 Å². The van der Waals surface area contributed by atoms with E-state index in [1.807, 2.05) is 30.3 Å². The largest absolute Gasteiger partial charge is 0.394 e. The third-order valence-corrected chi connectivity index (χ3v) is 4.51. The van der Waals surface area contributed by atoms with Gasteiger partial charge in [0.1, 0.15) is 0 Å². The molecule has 1 amide bonds. The fourth-order valence-electron chi connectivity index (χ4n) is 3.13. The summed E-state index contributed by atoms with van der Waals surface area (Å²) in [5.41, 5.74) is -0.442. The molecule has 1 aliphatic rings. The number of benzene rings is 1. The van der Waals surface area contributed by atoms with E-state index < -0.39 is 5.60 Å². The highest BCUT2D eigenvalue weighted by atomic mass is 16.3. The summed E-state index contributed by atoms with van der Waals surface area (Å²) in [5.74, 6) is 0.212. The van der Waals surface area contributed by atoms with E-state index in [1.165, 1.54) is 0 Å². The number of likely N-dealkylation sites (tertiary alicyclic amines) is 1. The van der Waals surface area contributed by atoms with Crippen molar-refractivity contribution in [1.82, 2.24) is 4.90 Å². The van der Waals surface area contributed by atoms with Gasteiger partial charge in [-0.2, -0.15) is 0 Å². The number of rotatable bonds is 4. The smallest absolute Gasteiger partial charge is 0.226 e. The second kappa shape index (κ2) is 6.58. The minimum absolute atomic E-state index is 0.0135. The van der Waals surface area contributed by atoms with E-state index in [9.17, 15) is 15.0 Å². The summed E-state index contributed by atoms with van der Waals surface area (Å²) in [6.45, 7) is 4.39. The highest BCUT2D eigenvalue weighted by Gasteiger charge is 2.35. The third kappa shape index (κ3) is 3.63. The van der Waals surface area contributed by atoms with Crippen LogP contribution >= 0.6 is 0 Å². The molecule has 4 heteroatoms. The number of carbonyl (C=O) groups excluding carboxylic acids is 1. The van der Waals surface area contributed by atoms with E-state index in [2.05, 4.69) is 6.92 Å². The highest BCUT2D eigenvalue weighted by molar-refractivity contribution is 5.78. The molecule has 1 aliphatic heterocycles. The molecule has 3 atom stereocenters. The maximum atomic E-state index is 12.6. The lowest BCUT2D eigenvalue weighted by Gasteiger charge is -2.40. The summed E-state index contributed by atoms with van der Waals surface area (Å²) in [6.07, 6.45) is 2.03. The number of aliphatic hydroxyl groups is 2. The van der Waals surface area contributed by atoms with Crippen molar-refractivity contribution >= 4 is 5.91 Å². The molecule has 1 aromatic rings. The average molecular weight is 291 g/mol. The lowest BCUT2D eigenvalue weighted by Crippen LogP contribution is -2.51. The van der Waals surface area contributed by atoms with E-state index in [1.54, 1.807) is 11.8 Å². The first-order valence-electron chi connectivity index (χ1n) is 7.64. The summed E-state index contributed by atoms with van der Waals surface area (Å²) < 4.78 is 0. The Kier molecular flexibility index (Phi) is 5.01. The third-order valence-electron chi connectivity index (χ3n) is 4.51. The second-order valence-electron chi connectivity index (χ2n) is 6.27. The molecule has 1 aromatic carbocycles. The molecule has 0 aromatic heterocycles. The molecule has 1 saturated heterocycles. The van der Waals surface area contributed by atoms with Crippen LogP contribution in [-0.4, -0.2) is 40.2 Å². The van der Waals surface area contributed by atoms with Crippen LogP contribution < -0.4 is 0 Å². The molecule has 0 bridgehead atoms. The van der Waals surface area contributed by atoms with Crippen LogP contribution in [0.4, 0.5) is 0 Å². The minimum atomic E-state index is -1.18. The Morgan fingerprint density at radius 3 is 2.67 bits per heavy atom. The van der Waals surface area contributed by atoms with Crippen LogP contribution in [-0.2, 0) is 10.4 Å². The summed E-state index contributed by atoms with van der Waals surface area (Å²) in [7, 11) is 0. The quantitative estimate of drug-likeness (QED) is 0.891. The molecule has 4 nitrogen and oxygen atoms in total. The summed E-state index contributed by atoms with van der Waals surface area (Å²) >= 11 is 0. The molecule has 1 heterocycles. The van der Waals surface area contributed by atoms with Gasteiger partial charge in [-0.05, 0) is 31.2 Å². The summed E-state index contributed by atoms with van der Waals surface area (Å²) in [4.78, 5) is 14.3. The second-order valence-corrected chi connectivity index (χ2v) is 6.27. The fourth-order valence-corrected chi connectivity index (χ4v) is 3.13. The molecular weight excluding hydrogens is 266 g/mol. The zero-order chi connectivity index (χ0) is 15.5. The van der Waals surface area contributed by atoms with Crippen LogP contribution in [0.3, 0.4) is 0 Å². The average Bonchev–Trinajstić information content (AvgIpc) is 2.47. The first-order valence-corrected chi connectivity index (χ1v) is 7.64. The SMILES string of the molecule is C[C@@H]1CCCN(C(=O)C[C@](C)(O)c2ccccc2)[C@@H]1CO. The number of amides is 1. The molecule has 2 N–H and O–H groups in total. The predicted octanol–water partition coefficient (Wildman–Crippen LogP) is 1.90. The Bertz CT molecular complexity index is 472. The van der Waals surface area contributed by atoms with Gasteiger partial charge in [0.25, 0.3) is 0 Å². The molecule has 0 saturated carbocycles. The molecular formula is C17H25NO3. The Morgan fingerprint density at radius 1 is 1.38 bits per heavy atom. The molecule has 21 heavy (non-hydrogen) atoms. The fraction of sp³-hybridized carbons (Fsp3) is 0.588. The number of carbonyl (C=O) groups is 1. The number of nitrogens with zero attached hydrogens (tertiary/aromatic N) is 1. The van der Waals surface area contributed by atoms with Crippen LogP contribution in [0.15, 0.2) is 30.3 Å². The minimum Gasteiger partial charge on any atom is -0.394 e. The van der Waals surface area contributed by atoms with Gasteiger partial charge in [-0.15, -0.1) is 0 Å². The van der Waals surface area contributed by atoms with E-state index in [4.69, 9.17) is 0 Å². The van der Waals surface area contributed by atoms with Gasteiger partial charge < -0.3 is 15.1 Å². The van der Waals surface area contributed by atoms with Gasteiger partial charge in [-0.3, -0.25) is 4.79 Å². The lowest BCUT2D eigenvalue weighted by molar-refractivity contribution is -0.142. The Morgan fingerprint density at radius 2 is 2.05 bits per heavy atom. The molecule has 0 aliphatic carbocycles. The topological polar surface area (TPSA) is 60.8 Å². The van der Waals surface area contributed by atoms with Crippen molar-refractivity contribution < 1.29 is 15.0 Å². The van der Waals surface area contributed by atoms with Crippen molar-refractivity contribution in [3.8, 4) is 0 Å². The predicted molar refractivity (Wildman–Crippen MR) is 81.6 cm³/mol. The number of aliphatic hydroxyl groups excluding tert-OH is 1. The maximum absolute atomic E-state index is 12.6. The highest BCUT2D eigenvalue weighted by Crippen LogP contribution is 2.28. The van der Waals surface area contributed by atoms with Gasteiger partial charge in [-0.25, -0.2) is 0 Å². The first kappa shape index (κ1) is 16.0. The standard InChI is InChI=1S/C17H25NO3/c1-13-7-6-10-18(15(13)12-19)16(20)11-17(2,21)14-8-4-3-5-9-14/h3-5,8-9,13,15,19,21H,6-7,10-12H2,1-2H3/t13-,15-,17+/m1/s1. The van der Waals surface area contributed by atoms with Crippen LogP contribution in [0.1, 0.15) is 38.7 Å². The molecule has 0 radical (unpaired) electrons. The number of hydrogen-bond acceptors (Lipinski definition) is 3. The summed E-state index contributed by atoms with van der Waals surface area (Å²) in [6, 6.07) is 9.13. The monoisotopic (exact) mass is 291 g/mol. The Hall–Kier alpha value is -1.39. The van der Waals surface area contributed by atoms with Crippen LogP contribution in [0.25, 0.3) is 0 Å². The number of hydrogen-bond donors (Lipinski definition) is 2. The first-order chi connectivity index (χ1) is 9.95. The Balaban J connectivity index is 2.09. The van der Waals surface area contributed by atoms with Crippen molar-refractivity contribution in [2.45, 2.75) is 44.8 Å². The van der Waals surface area contributed by atoms with Gasteiger partial charge in [0.2, 0.25) is 5.91 Å². The van der Waals surface area contributed by atoms with Gasteiger partial charge in [0.05, 0.1) is 24.7 Å². The van der Waals surface area contributed by atoms with E-state index >= 15 is 0 Å². The van der Waals surface area contributed by atoms with Crippen molar-refractivity contribution in [2.75, 3.05) is 13.2 Å². The van der Waals surface area contributed by atoms with Gasteiger partial charge >= 0.3 is 0 Å². The Labute approximate surface area is 126 Å². The zero-order valence-electron chi connectivity index (χ0n) is 12.8. The zero-order valence-corrected chi connectivity index (χ0v) is 12.8. The normalized spacial score (nSPS) is 25.4. The molecule has 0 unspecified atom stereocenters. The van der Waals surface area contributed by atoms with Crippen LogP contribution in [0.2, 0.25) is 0 Å². The van der Waals surface area contributed by atoms with Crippen molar-refractivity contribution in [3.63, 3.8) is 0 Å². The number of piperidine rings is 1. The van der Waals surface area contributed by atoms with Crippen molar-refractivity contribution in [1.29, 1.82) is 0 Å².